The van der Waals surface area contributed by atoms with Gasteiger partial charge in [-0.2, -0.15) is 13.2 Å². The van der Waals surface area contributed by atoms with Crippen LogP contribution in [0.3, 0.4) is 0 Å². The number of nitrogens with one attached hydrogen (secondary N) is 2. The number of alkyl halides is 3. The number of hydrogen-bond donors (Lipinski definition) is 2. The standard InChI is InChI=1S/C12H18F3N3O3S2/c1-21-9-2-7-22-11(9)23(19,20)17-8-10(12(13,14)15)18-5-3-16-4-6-18/h2,7,10,16-17H,3-6,8H2,1H3. The molecule has 23 heavy (non-hydrogen) atoms. The summed E-state index contributed by atoms with van der Waals surface area (Å²) in [5, 5.41) is 4.47. The number of thiophene rings is 1. The van der Waals surface area contributed by atoms with Crippen molar-refractivity contribution in [3.63, 3.8) is 0 Å². The molecule has 0 spiro atoms. The van der Waals surface area contributed by atoms with Crippen molar-refractivity contribution in [3.05, 3.63) is 11.4 Å². The van der Waals surface area contributed by atoms with Crippen molar-refractivity contribution in [2.75, 3.05) is 39.8 Å². The van der Waals surface area contributed by atoms with E-state index >= 15 is 0 Å². The zero-order valence-corrected chi connectivity index (χ0v) is 14.0. The molecule has 1 aliphatic heterocycles. The van der Waals surface area contributed by atoms with Crippen LogP contribution < -0.4 is 14.8 Å². The summed E-state index contributed by atoms with van der Waals surface area (Å²) in [5.74, 6) is 0.119. The molecule has 0 bridgehead atoms. The maximum absolute atomic E-state index is 13.2. The highest BCUT2D eigenvalue weighted by Gasteiger charge is 2.44. The number of methoxy groups -OCH3 is 1. The van der Waals surface area contributed by atoms with Crippen molar-refractivity contribution in [3.8, 4) is 5.75 Å². The van der Waals surface area contributed by atoms with Crippen LogP contribution >= 0.6 is 11.3 Å². The summed E-state index contributed by atoms with van der Waals surface area (Å²) in [6.07, 6.45) is -4.51. The van der Waals surface area contributed by atoms with E-state index in [0.717, 1.165) is 11.3 Å². The molecule has 132 valence electrons. The van der Waals surface area contributed by atoms with E-state index in [-0.39, 0.29) is 23.0 Å². The summed E-state index contributed by atoms with van der Waals surface area (Å²) < 4.78 is 71.0. The molecule has 2 N–H and O–H groups in total. The van der Waals surface area contributed by atoms with Crippen LogP contribution in [0.1, 0.15) is 0 Å². The molecule has 1 unspecified atom stereocenters. The van der Waals surface area contributed by atoms with E-state index in [1.807, 2.05) is 0 Å². The molecular weight excluding hydrogens is 355 g/mol. The first-order valence-corrected chi connectivity index (χ1v) is 9.24. The summed E-state index contributed by atoms with van der Waals surface area (Å²) >= 11 is 0.895. The van der Waals surface area contributed by atoms with E-state index in [0.29, 0.717) is 13.1 Å². The molecule has 0 aromatic carbocycles. The average Bonchev–Trinajstić information content (AvgIpc) is 2.96. The number of piperazine rings is 1. The molecule has 1 aliphatic rings. The normalized spacial score (nSPS) is 18.8. The van der Waals surface area contributed by atoms with Crippen molar-refractivity contribution in [1.82, 2.24) is 14.9 Å². The summed E-state index contributed by atoms with van der Waals surface area (Å²) in [6, 6.07) is -0.401. The fraction of sp³-hybridized carbons (Fsp3) is 0.667. The Balaban J connectivity index is 2.11. The molecule has 1 aromatic rings. The summed E-state index contributed by atoms with van der Waals surface area (Å²) in [6.45, 7) is 0.589. The van der Waals surface area contributed by atoms with Crippen molar-refractivity contribution in [2.45, 2.75) is 16.4 Å². The molecular formula is C12H18F3N3O3S2. The molecule has 1 fully saturated rings. The van der Waals surface area contributed by atoms with Gasteiger partial charge in [-0.25, -0.2) is 13.1 Å². The molecule has 0 aliphatic carbocycles. The van der Waals surface area contributed by atoms with Gasteiger partial charge in [-0.05, 0) is 11.4 Å². The SMILES string of the molecule is COc1ccsc1S(=O)(=O)NCC(N1CCNCC1)C(F)(F)F. The number of hydrogen-bond acceptors (Lipinski definition) is 6. The molecule has 0 saturated carbocycles. The minimum absolute atomic E-state index is 0.119. The third-order valence-electron chi connectivity index (χ3n) is 3.50. The van der Waals surface area contributed by atoms with Gasteiger partial charge < -0.3 is 10.1 Å². The highest BCUT2D eigenvalue weighted by Crippen LogP contribution is 2.30. The second-order valence-electron chi connectivity index (χ2n) is 4.97. The van der Waals surface area contributed by atoms with E-state index in [4.69, 9.17) is 4.74 Å². The zero-order chi connectivity index (χ0) is 17.1. The third-order valence-corrected chi connectivity index (χ3v) is 6.37. The Bertz CT molecular complexity index is 613. The molecule has 1 aromatic heterocycles. The van der Waals surface area contributed by atoms with Gasteiger partial charge in [0.25, 0.3) is 10.0 Å². The maximum atomic E-state index is 13.2. The number of rotatable bonds is 6. The Labute approximate surface area is 136 Å². The molecule has 6 nitrogen and oxygen atoms in total. The molecule has 11 heteroatoms. The van der Waals surface area contributed by atoms with Crippen molar-refractivity contribution in [1.29, 1.82) is 0 Å². The maximum Gasteiger partial charge on any atom is 0.405 e. The Morgan fingerprint density at radius 1 is 1.43 bits per heavy atom. The first kappa shape index (κ1) is 18.5. The largest absolute Gasteiger partial charge is 0.494 e. The van der Waals surface area contributed by atoms with Gasteiger partial charge in [0, 0.05) is 32.7 Å². The Kier molecular flexibility index (Phi) is 5.89. The van der Waals surface area contributed by atoms with Crippen LogP contribution in [0.5, 0.6) is 5.75 Å². The topological polar surface area (TPSA) is 70.7 Å². The molecule has 2 rings (SSSR count). The lowest BCUT2D eigenvalue weighted by atomic mass is 10.2. The Morgan fingerprint density at radius 2 is 2.09 bits per heavy atom. The van der Waals surface area contributed by atoms with Crippen LogP contribution in [0.2, 0.25) is 0 Å². The lowest BCUT2D eigenvalue weighted by Gasteiger charge is -2.35. The smallest absolute Gasteiger partial charge is 0.405 e. The summed E-state index contributed by atoms with van der Waals surface area (Å²) in [7, 11) is -2.75. The second-order valence-corrected chi connectivity index (χ2v) is 7.85. The monoisotopic (exact) mass is 373 g/mol. The van der Waals surface area contributed by atoms with Crippen molar-refractivity contribution < 1.29 is 26.3 Å². The highest BCUT2D eigenvalue weighted by molar-refractivity contribution is 7.91. The van der Waals surface area contributed by atoms with Gasteiger partial charge in [-0.15, -0.1) is 11.3 Å². The highest BCUT2D eigenvalue weighted by atomic mass is 32.2. The Morgan fingerprint density at radius 3 is 2.65 bits per heavy atom. The van der Waals surface area contributed by atoms with Crippen LogP contribution in [0, 0.1) is 0 Å². The van der Waals surface area contributed by atoms with E-state index in [1.165, 1.54) is 23.5 Å². The van der Waals surface area contributed by atoms with E-state index in [9.17, 15) is 21.6 Å². The third kappa shape index (κ3) is 4.57. The Hall–Kier alpha value is -0.880. The van der Waals surface area contributed by atoms with Crippen LogP contribution in [0.4, 0.5) is 13.2 Å². The van der Waals surface area contributed by atoms with Gasteiger partial charge in [-0.1, -0.05) is 0 Å². The minimum atomic E-state index is -4.51. The average molecular weight is 373 g/mol. The lowest BCUT2D eigenvalue weighted by Crippen LogP contribution is -2.57. The van der Waals surface area contributed by atoms with Crippen LogP contribution in [-0.4, -0.2) is 65.4 Å². The summed E-state index contributed by atoms with van der Waals surface area (Å²) in [5.41, 5.74) is 0. The molecule has 1 saturated heterocycles. The number of ether oxygens (including phenoxy) is 1. The predicted octanol–water partition coefficient (Wildman–Crippen LogP) is 0.871. The number of halogens is 3. The zero-order valence-electron chi connectivity index (χ0n) is 12.4. The molecule has 1 atom stereocenters. The van der Waals surface area contributed by atoms with Crippen LogP contribution in [-0.2, 0) is 10.0 Å². The quantitative estimate of drug-likeness (QED) is 0.774. The van der Waals surface area contributed by atoms with Crippen molar-refractivity contribution in [2.24, 2.45) is 0 Å². The molecule has 2 heterocycles. The van der Waals surface area contributed by atoms with Crippen LogP contribution in [0.25, 0.3) is 0 Å². The number of nitrogens with zero attached hydrogens (tertiary/aromatic N) is 1. The predicted molar refractivity (Wildman–Crippen MR) is 80.3 cm³/mol. The lowest BCUT2D eigenvalue weighted by molar-refractivity contribution is -0.182. The van der Waals surface area contributed by atoms with Crippen LogP contribution in [0.15, 0.2) is 15.7 Å². The van der Waals surface area contributed by atoms with E-state index in [1.54, 1.807) is 0 Å². The minimum Gasteiger partial charge on any atom is -0.494 e. The second kappa shape index (κ2) is 7.34. The van der Waals surface area contributed by atoms with Gasteiger partial charge in [0.05, 0.1) is 7.11 Å². The van der Waals surface area contributed by atoms with E-state index in [2.05, 4.69) is 10.0 Å². The van der Waals surface area contributed by atoms with Gasteiger partial charge in [0.2, 0.25) is 0 Å². The first-order chi connectivity index (χ1) is 10.8. The molecule has 0 amide bonds. The van der Waals surface area contributed by atoms with Gasteiger partial charge in [0.15, 0.2) is 4.21 Å². The number of sulfonamides is 1. The summed E-state index contributed by atoms with van der Waals surface area (Å²) in [4.78, 5) is 1.24. The van der Waals surface area contributed by atoms with E-state index < -0.39 is 28.8 Å². The van der Waals surface area contributed by atoms with Crippen molar-refractivity contribution >= 4 is 21.4 Å². The van der Waals surface area contributed by atoms with Gasteiger partial charge in [-0.3, -0.25) is 4.90 Å². The fourth-order valence-electron chi connectivity index (χ4n) is 2.33. The fourth-order valence-corrected chi connectivity index (χ4v) is 4.69. The molecule has 0 radical (unpaired) electrons. The van der Waals surface area contributed by atoms with Gasteiger partial charge in [0.1, 0.15) is 11.8 Å². The first-order valence-electron chi connectivity index (χ1n) is 6.88. The van der Waals surface area contributed by atoms with Gasteiger partial charge >= 0.3 is 6.18 Å².